The fraction of sp³-hybridized carbons (Fsp3) is 0.267. The lowest BCUT2D eigenvalue weighted by Crippen LogP contribution is -2.29. The number of hydrogen-bond donors (Lipinski definition) is 1. The summed E-state index contributed by atoms with van der Waals surface area (Å²) in [6.45, 7) is 5.12. The summed E-state index contributed by atoms with van der Waals surface area (Å²) in [7, 11) is 3.47. The Hall–Kier alpha value is -4.46. The van der Waals surface area contributed by atoms with Crippen LogP contribution in [0.1, 0.15) is 31.0 Å². The highest BCUT2D eigenvalue weighted by Gasteiger charge is 2.48. The molecular weight excluding hydrogens is 484 g/mol. The molecule has 0 aliphatic carbocycles. The number of anilines is 2. The summed E-state index contributed by atoms with van der Waals surface area (Å²) in [6, 6.07) is 18.5. The molecule has 0 bridgehead atoms. The van der Waals surface area contributed by atoms with Crippen LogP contribution in [0.5, 0.6) is 17.2 Å². The number of rotatable bonds is 6. The largest absolute Gasteiger partial charge is 0.507 e. The van der Waals surface area contributed by atoms with Crippen LogP contribution in [-0.2, 0) is 9.59 Å². The van der Waals surface area contributed by atoms with Gasteiger partial charge in [-0.15, -0.1) is 0 Å². The van der Waals surface area contributed by atoms with Crippen LogP contribution < -0.4 is 24.0 Å². The van der Waals surface area contributed by atoms with Crippen LogP contribution in [0, 0.1) is 0 Å². The Morgan fingerprint density at radius 3 is 2.50 bits per heavy atom. The lowest BCUT2D eigenvalue weighted by molar-refractivity contribution is -0.132. The molecule has 2 aliphatic rings. The zero-order valence-corrected chi connectivity index (χ0v) is 21.8. The molecule has 0 aromatic heterocycles. The number of para-hydroxylation sites is 1. The van der Waals surface area contributed by atoms with Gasteiger partial charge in [-0.3, -0.25) is 14.5 Å². The predicted molar refractivity (Wildman–Crippen MR) is 145 cm³/mol. The van der Waals surface area contributed by atoms with Crippen molar-refractivity contribution in [1.82, 2.24) is 0 Å². The number of carbonyl (C=O) groups is 2. The van der Waals surface area contributed by atoms with E-state index in [0.717, 1.165) is 5.69 Å². The zero-order chi connectivity index (χ0) is 27.0. The van der Waals surface area contributed by atoms with Crippen molar-refractivity contribution in [3.63, 3.8) is 0 Å². The molecule has 0 saturated carbocycles. The van der Waals surface area contributed by atoms with E-state index in [1.54, 1.807) is 54.6 Å². The Labute approximate surface area is 221 Å². The van der Waals surface area contributed by atoms with Crippen LogP contribution in [-0.4, -0.2) is 50.2 Å². The van der Waals surface area contributed by atoms with Gasteiger partial charge in [-0.05, 0) is 62.4 Å². The van der Waals surface area contributed by atoms with Gasteiger partial charge in [0.25, 0.3) is 11.7 Å². The third kappa shape index (κ3) is 4.42. The van der Waals surface area contributed by atoms with Crippen molar-refractivity contribution < 1.29 is 28.9 Å². The van der Waals surface area contributed by atoms with Crippen LogP contribution in [0.15, 0.2) is 72.3 Å². The molecule has 8 nitrogen and oxygen atoms in total. The highest BCUT2D eigenvalue weighted by atomic mass is 16.5. The number of nitrogens with zero attached hydrogens (tertiary/aromatic N) is 2. The molecule has 1 atom stereocenters. The van der Waals surface area contributed by atoms with E-state index >= 15 is 0 Å². The monoisotopic (exact) mass is 514 g/mol. The number of likely N-dealkylation sites (N-methyl/N-ethyl adjacent to an activating group) is 1. The first kappa shape index (κ1) is 25.2. The summed E-state index contributed by atoms with van der Waals surface area (Å²) < 4.78 is 17.1. The second kappa shape index (κ2) is 10.1. The minimum absolute atomic E-state index is 0.00952. The van der Waals surface area contributed by atoms with E-state index in [4.69, 9.17) is 14.2 Å². The average Bonchev–Trinajstić information content (AvgIpc) is 3.18. The molecule has 1 fully saturated rings. The van der Waals surface area contributed by atoms with E-state index in [1.165, 1.54) is 12.0 Å². The van der Waals surface area contributed by atoms with Crippen LogP contribution >= 0.6 is 0 Å². The molecule has 1 saturated heterocycles. The molecule has 1 unspecified atom stereocenters. The normalized spacial score (nSPS) is 18.4. The van der Waals surface area contributed by atoms with E-state index in [0.29, 0.717) is 47.2 Å². The van der Waals surface area contributed by atoms with Crippen molar-refractivity contribution >= 4 is 28.8 Å². The van der Waals surface area contributed by atoms with E-state index in [1.807, 2.05) is 37.9 Å². The first-order valence-corrected chi connectivity index (χ1v) is 12.5. The van der Waals surface area contributed by atoms with E-state index < -0.39 is 17.7 Å². The van der Waals surface area contributed by atoms with Crippen molar-refractivity contribution in [2.75, 3.05) is 37.1 Å². The van der Waals surface area contributed by atoms with Gasteiger partial charge >= 0.3 is 0 Å². The van der Waals surface area contributed by atoms with E-state index in [-0.39, 0.29) is 17.4 Å². The van der Waals surface area contributed by atoms with Crippen LogP contribution in [0.2, 0.25) is 0 Å². The van der Waals surface area contributed by atoms with Gasteiger partial charge in [-0.1, -0.05) is 18.2 Å². The highest BCUT2D eigenvalue weighted by Crippen LogP contribution is 2.45. The third-order valence-electron chi connectivity index (χ3n) is 6.69. The standard InChI is InChI=1S/C30H30N2O6/c1-18(2)38-21-12-10-20(11-13-21)32-27(22-7-5-6-8-24(22)36-4)26(29(34)30(32)35)28(33)19-9-14-25-23(17-19)31(3)15-16-37-25/h5-14,17-18,27,33H,15-16H2,1-4H3/b28-26+. The molecule has 5 rings (SSSR count). The summed E-state index contributed by atoms with van der Waals surface area (Å²) in [5.74, 6) is 0.0638. The fourth-order valence-electron chi connectivity index (χ4n) is 4.90. The van der Waals surface area contributed by atoms with Crippen LogP contribution in [0.3, 0.4) is 0 Å². The first-order valence-electron chi connectivity index (χ1n) is 12.5. The Morgan fingerprint density at radius 2 is 1.79 bits per heavy atom. The summed E-state index contributed by atoms with van der Waals surface area (Å²) in [4.78, 5) is 30.5. The molecule has 0 spiro atoms. The van der Waals surface area contributed by atoms with Gasteiger partial charge in [0, 0.05) is 23.9 Å². The smallest absolute Gasteiger partial charge is 0.300 e. The van der Waals surface area contributed by atoms with Gasteiger partial charge < -0.3 is 24.2 Å². The molecule has 0 radical (unpaired) electrons. The highest BCUT2D eigenvalue weighted by molar-refractivity contribution is 6.51. The second-order valence-electron chi connectivity index (χ2n) is 9.52. The molecule has 1 amide bonds. The molecule has 8 heteroatoms. The molecule has 2 heterocycles. The van der Waals surface area contributed by atoms with Crippen molar-refractivity contribution in [2.45, 2.75) is 26.0 Å². The van der Waals surface area contributed by atoms with E-state index in [2.05, 4.69) is 0 Å². The molecule has 3 aromatic rings. The number of Topliss-reactive ketones (excluding diaryl/α,β-unsaturated/α-hetero) is 1. The third-order valence-corrected chi connectivity index (χ3v) is 6.69. The van der Waals surface area contributed by atoms with Gasteiger partial charge in [0.2, 0.25) is 0 Å². The maximum absolute atomic E-state index is 13.5. The lowest BCUT2D eigenvalue weighted by atomic mass is 9.94. The maximum atomic E-state index is 13.5. The van der Waals surface area contributed by atoms with Gasteiger partial charge in [-0.25, -0.2) is 0 Å². The van der Waals surface area contributed by atoms with E-state index in [9.17, 15) is 14.7 Å². The van der Waals surface area contributed by atoms with Gasteiger partial charge in [-0.2, -0.15) is 0 Å². The van der Waals surface area contributed by atoms with Gasteiger partial charge in [0.05, 0.1) is 37.1 Å². The molecule has 1 N–H and O–H groups in total. The maximum Gasteiger partial charge on any atom is 0.300 e. The number of fused-ring (bicyclic) bond motifs is 1. The second-order valence-corrected chi connectivity index (χ2v) is 9.52. The number of ether oxygens (including phenoxy) is 3. The Balaban J connectivity index is 1.67. The number of hydrogen-bond acceptors (Lipinski definition) is 7. The van der Waals surface area contributed by atoms with Crippen molar-refractivity contribution in [1.29, 1.82) is 0 Å². The summed E-state index contributed by atoms with van der Waals surface area (Å²) in [6.07, 6.45) is -0.00952. The van der Waals surface area contributed by atoms with Crippen LogP contribution in [0.4, 0.5) is 11.4 Å². The molecule has 196 valence electrons. The summed E-state index contributed by atoms with van der Waals surface area (Å²) >= 11 is 0. The fourth-order valence-corrected chi connectivity index (χ4v) is 4.90. The number of aliphatic hydroxyl groups excluding tert-OH is 1. The summed E-state index contributed by atoms with van der Waals surface area (Å²) in [5.41, 5.74) is 2.28. The van der Waals surface area contributed by atoms with Crippen LogP contribution in [0.25, 0.3) is 5.76 Å². The van der Waals surface area contributed by atoms with Crippen molar-refractivity contribution in [2.24, 2.45) is 0 Å². The van der Waals surface area contributed by atoms with Crippen molar-refractivity contribution in [3.8, 4) is 17.2 Å². The number of aliphatic hydroxyl groups is 1. The molecule has 38 heavy (non-hydrogen) atoms. The first-order chi connectivity index (χ1) is 18.3. The SMILES string of the molecule is COc1ccccc1C1/C(=C(\O)c2ccc3c(c2)N(C)CCO3)C(=O)C(=O)N1c1ccc(OC(C)C)cc1. The van der Waals surface area contributed by atoms with Crippen molar-refractivity contribution in [3.05, 3.63) is 83.4 Å². The Kier molecular flexibility index (Phi) is 6.72. The topological polar surface area (TPSA) is 88.5 Å². The predicted octanol–water partition coefficient (Wildman–Crippen LogP) is 4.94. The molecule has 2 aliphatic heterocycles. The summed E-state index contributed by atoms with van der Waals surface area (Å²) in [5, 5.41) is 11.6. The lowest BCUT2D eigenvalue weighted by Gasteiger charge is -2.28. The molecular formula is C30H30N2O6. The van der Waals surface area contributed by atoms with Gasteiger partial charge in [0.1, 0.15) is 29.6 Å². The quantitative estimate of drug-likeness (QED) is 0.283. The average molecular weight is 515 g/mol. The number of amides is 1. The Bertz CT molecular complexity index is 1410. The minimum atomic E-state index is -0.909. The Morgan fingerprint density at radius 1 is 1.05 bits per heavy atom. The zero-order valence-electron chi connectivity index (χ0n) is 21.8. The van der Waals surface area contributed by atoms with Gasteiger partial charge in [0.15, 0.2) is 0 Å². The minimum Gasteiger partial charge on any atom is -0.507 e. The number of carbonyl (C=O) groups excluding carboxylic acids is 2. The number of methoxy groups -OCH3 is 1. The molecule has 3 aromatic carbocycles. The number of benzene rings is 3. The number of ketones is 1.